The predicted molar refractivity (Wildman–Crippen MR) is 98.7 cm³/mol. The summed E-state index contributed by atoms with van der Waals surface area (Å²) in [5.41, 5.74) is 4.71. The first kappa shape index (κ1) is 19.0. The summed E-state index contributed by atoms with van der Waals surface area (Å²) in [7, 11) is 0. The number of nitrogens with one attached hydrogen (secondary N) is 1. The summed E-state index contributed by atoms with van der Waals surface area (Å²) >= 11 is 18.0. The fraction of sp³-hybridized carbons (Fsp3) is 0.438. The van der Waals surface area contributed by atoms with Gasteiger partial charge in [0.15, 0.2) is 10.8 Å². The van der Waals surface area contributed by atoms with Gasteiger partial charge in [-0.3, -0.25) is 5.43 Å². The summed E-state index contributed by atoms with van der Waals surface area (Å²) in [5.74, 6) is -1.28. The van der Waals surface area contributed by atoms with Gasteiger partial charge in [0.25, 0.3) is 0 Å². The molecule has 0 radical (unpaired) electrons. The molecule has 0 saturated carbocycles. The van der Waals surface area contributed by atoms with Crippen molar-refractivity contribution in [1.29, 1.82) is 0 Å². The topological polar surface area (TPSA) is 74.6 Å². The summed E-state index contributed by atoms with van der Waals surface area (Å²) in [5, 5.41) is 13.3. The molecule has 1 aromatic heterocycles. The number of halogens is 3. The van der Waals surface area contributed by atoms with E-state index in [1.807, 2.05) is 0 Å². The van der Waals surface area contributed by atoms with Crippen LogP contribution in [0.15, 0.2) is 16.8 Å². The van der Waals surface area contributed by atoms with Gasteiger partial charge in [-0.05, 0) is 31.3 Å². The van der Waals surface area contributed by atoms with Crippen LogP contribution in [0.2, 0.25) is 15.2 Å². The van der Waals surface area contributed by atoms with Crippen LogP contribution in [0.25, 0.3) is 0 Å². The van der Waals surface area contributed by atoms with Gasteiger partial charge in [-0.2, -0.15) is 5.10 Å². The Bertz CT molecular complexity index is 702. The number of hydrazone groups is 1. The SMILES string of the molecule is CCCCCC1=CCC/C1=N\Nc1c(Cl)c(Cl)nc(C(=O)O)c1Cl. The molecule has 5 nitrogen and oxygen atoms in total. The number of nitrogens with zero attached hydrogens (tertiary/aromatic N) is 2. The van der Waals surface area contributed by atoms with Gasteiger partial charge in [0.1, 0.15) is 10.0 Å². The molecule has 0 atom stereocenters. The molecule has 1 aromatic rings. The van der Waals surface area contributed by atoms with Crippen molar-refractivity contribution in [2.45, 2.75) is 45.4 Å². The Morgan fingerprint density at radius 3 is 2.75 bits per heavy atom. The molecule has 2 N–H and O–H groups in total. The number of unbranched alkanes of at least 4 members (excludes halogenated alkanes) is 2. The van der Waals surface area contributed by atoms with E-state index >= 15 is 0 Å². The van der Waals surface area contributed by atoms with Crippen molar-refractivity contribution >= 4 is 52.2 Å². The number of pyridine rings is 1. The molecule has 0 spiro atoms. The molecule has 24 heavy (non-hydrogen) atoms. The van der Waals surface area contributed by atoms with E-state index in [0.717, 1.165) is 37.8 Å². The van der Waals surface area contributed by atoms with Crippen LogP contribution in [-0.2, 0) is 0 Å². The molecule has 2 rings (SSSR count). The van der Waals surface area contributed by atoms with E-state index in [9.17, 15) is 4.79 Å². The van der Waals surface area contributed by atoms with E-state index in [4.69, 9.17) is 39.9 Å². The monoisotopic (exact) mass is 389 g/mol. The summed E-state index contributed by atoms with van der Waals surface area (Å²) in [4.78, 5) is 14.9. The summed E-state index contributed by atoms with van der Waals surface area (Å²) in [6.07, 6.45) is 8.39. The maximum atomic E-state index is 11.2. The molecule has 0 aliphatic heterocycles. The second-order valence-corrected chi connectivity index (χ2v) is 6.57. The Morgan fingerprint density at radius 2 is 2.08 bits per heavy atom. The molecule has 0 saturated heterocycles. The maximum absolute atomic E-state index is 11.2. The molecule has 0 fully saturated rings. The first-order valence-electron chi connectivity index (χ1n) is 7.75. The summed E-state index contributed by atoms with van der Waals surface area (Å²) < 4.78 is 0. The second-order valence-electron chi connectivity index (χ2n) is 5.45. The number of aromatic carboxylic acids is 1. The molecular weight excluding hydrogens is 373 g/mol. The number of carboxylic acids is 1. The lowest BCUT2D eigenvalue weighted by atomic mass is 10.1. The lowest BCUT2D eigenvalue weighted by Crippen LogP contribution is -2.07. The minimum absolute atomic E-state index is 0.0468. The van der Waals surface area contributed by atoms with Crippen LogP contribution in [0.5, 0.6) is 0 Å². The highest BCUT2D eigenvalue weighted by Crippen LogP contribution is 2.37. The third-order valence-corrected chi connectivity index (χ3v) is 4.84. The van der Waals surface area contributed by atoms with Crippen LogP contribution in [0.4, 0.5) is 5.69 Å². The van der Waals surface area contributed by atoms with Crippen LogP contribution in [0.3, 0.4) is 0 Å². The van der Waals surface area contributed by atoms with Gasteiger partial charge in [-0.15, -0.1) is 0 Å². The van der Waals surface area contributed by atoms with Gasteiger partial charge in [0, 0.05) is 0 Å². The Hall–Kier alpha value is -1.30. The lowest BCUT2D eigenvalue weighted by Gasteiger charge is -2.11. The number of aromatic nitrogens is 1. The third kappa shape index (κ3) is 4.41. The number of anilines is 1. The number of carbonyl (C=O) groups is 1. The van der Waals surface area contributed by atoms with Gasteiger partial charge in [0.05, 0.1) is 11.4 Å². The standard InChI is InChI=1S/C16H18Cl3N3O2/c1-2-3-4-6-9-7-5-8-10(9)21-22-13-11(17)14(16(23)24)20-15(19)12(13)18/h7H,2-6,8H2,1H3,(H,20,22)(H,23,24)/b21-10+. The van der Waals surface area contributed by atoms with Crippen LogP contribution in [-0.4, -0.2) is 21.8 Å². The molecule has 0 aromatic carbocycles. The Morgan fingerprint density at radius 1 is 1.33 bits per heavy atom. The van der Waals surface area contributed by atoms with Crippen LogP contribution in [0.1, 0.15) is 55.9 Å². The first-order chi connectivity index (χ1) is 11.5. The molecule has 0 amide bonds. The highest BCUT2D eigenvalue weighted by Gasteiger charge is 2.21. The van der Waals surface area contributed by atoms with Crippen molar-refractivity contribution in [2.75, 3.05) is 5.43 Å². The molecule has 1 aliphatic carbocycles. The quantitative estimate of drug-likeness (QED) is 0.350. The van der Waals surface area contributed by atoms with Crippen LogP contribution >= 0.6 is 34.8 Å². The highest BCUT2D eigenvalue weighted by molar-refractivity contribution is 6.46. The number of hydrogen-bond acceptors (Lipinski definition) is 4. The van der Waals surface area contributed by atoms with Gasteiger partial charge < -0.3 is 5.11 Å². The fourth-order valence-electron chi connectivity index (χ4n) is 2.48. The maximum Gasteiger partial charge on any atom is 0.356 e. The largest absolute Gasteiger partial charge is 0.476 e. The van der Waals surface area contributed by atoms with E-state index < -0.39 is 5.97 Å². The van der Waals surface area contributed by atoms with Gasteiger partial charge >= 0.3 is 5.97 Å². The Kier molecular flexibility index (Phi) is 6.90. The summed E-state index contributed by atoms with van der Waals surface area (Å²) in [6.45, 7) is 2.16. The van der Waals surface area contributed by atoms with E-state index in [2.05, 4.69) is 28.5 Å². The fourth-order valence-corrected chi connectivity index (χ4v) is 3.14. The zero-order chi connectivity index (χ0) is 17.7. The zero-order valence-corrected chi connectivity index (χ0v) is 15.5. The Balaban J connectivity index is 2.22. The van der Waals surface area contributed by atoms with Gasteiger partial charge in [0.2, 0.25) is 0 Å². The third-order valence-electron chi connectivity index (χ3n) is 3.74. The molecular formula is C16H18Cl3N3O2. The Labute approximate surface area is 155 Å². The number of carboxylic acid groups (broad SMARTS) is 1. The minimum Gasteiger partial charge on any atom is -0.476 e. The van der Waals surface area contributed by atoms with E-state index in [-0.39, 0.29) is 26.6 Å². The molecule has 1 aliphatic rings. The minimum atomic E-state index is -1.28. The number of hydrogen-bond donors (Lipinski definition) is 2. The second kappa shape index (κ2) is 8.70. The van der Waals surface area contributed by atoms with Crippen LogP contribution < -0.4 is 5.43 Å². The van der Waals surface area contributed by atoms with Crippen molar-refractivity contribution < 1.29 is 9.90 Å². The van der Waals surface area contributed by atoms with Crippen molar-refractivity contribution in [1.82, 2.24) is 4.98 Å². The number of rotatable bonds is 7. The average molecular weight is 391 g/mol. The van der Waals surface area contributed by atoms with Crippen molar-refractivity contribution in [2.24, 2.45) is 5.10 Å². The van der Waals surface area contributed by atoms with E-state index in [1.54, 1.807) is 0 Å². The van der Waals surface area contributed by atoms with E-state index in [0.29, 0.717) is 0 Å². The normalized spacial score (nSPS) is 15.7. The highest BCUT2D eigenvalue weighted by atomic mass is 35.5. The predicted octanol–water partition coefficient (Wildman–Crippen LogP) is 5.81. The number of allylic oxidation sites excluding steroid dienone is 2. The smallest absolute Gasteiger partial charge is 0.356 e. The lowest BCUT2D eigenvalue weighted by molar-refractivity contribution is 0.0691. The van der Waals surface area contributed by atoms with Crippen molar-refractivity contribution in [3.8, 4) is 0 Å². The van der Waals surface area contributed by atoms with E-state index in [1.165, 1.54) is 12.0 Å². The van der Waals surface area contributed by atoms with Crippen LogP contribution in [0, 0.1) is 0 Å². The summed E-state index contributed by atoms with van der Waals surface area (Å²) in [6, 6.07) is 0. The molecule has 1 heterocycles. The molecule has 0 bridgehead atoms. The average Bonchev–Trinajstić information content (AvgIpc) is 2.98. The first-order valence-corrected chi connectivity index (χ1v) is 8.88. The molecule has 8 heteroatoms. The van der Waals surface area contributed by atoms with Crippen molar-refractivity contribution in [3.63, 3.8) is 0 Å². The van der Waals surface area contributed by atoms with Crippen molar-refractivity contribution in [3.05, 3.63) is 32.5 Å². The zero-order valence-electron chi connectivity index (χ0n) is 13.2. The van der Waals surface area contributed by atoms with Gasteiger partial charge in [-0.25, -0.2) is 9.78 Å². The molecule has 130 valence electrons. The van der Waals surface area contributed by atoms with Gasteiger partial charge in [-0.1, -0.05) is 60.6 Å². The molecule has 0 unspecified atom stereocenters.